The maximum absolute atomic E-state index is 11.2. The monoisotopic (exact) mass is 315 g/mol. The number of nitrogens with one attached hydrogen (secondary N) is 2. The third-order valence-corrected chi connectivity index (χ3v) is 3.84. The van der Waals surface area contributed by atoms with Gasteiger partial charge >= 0.3 is 5.97 Å². The molecule has 1 aliphatic heterocycles. The summed E-state index contributed by atoms with van der Waals surface area (Å²) in [6.45, 7) is 5.17. The van der Waals surface area contributed by atoms with Gasteiger partial charge in [0.1, 0.15) is 0 Å². The molecular formula is C15H29N3O4. The molecule has 1 rings (SSSR count). The van der Waals surface area contributed by atoms with Gasteiger partial charge < -0.3 is 25.2 Å². The molecule has 1 atom stereocenters. The highest BCUT2D eigenvalue weighted by atomic mass is 16.5. The molecule has 7 heteroatoms. The van der Waals surface area contributed by atoms with Crippen molar-refractivity contribution in [2.24, 2.45) is 10.4 Å². The largest absolute Gasteiger partial charge is 0.466 e. The van der Waals surface area contributed by atoms with Crippen LogP contribution >= 0.6 is 0 Å². The van der Waals surface area contributed by atoms with E-state index in [0.717, 1.165) is 19.4 Å². The lowest BCUT2D eigenvalue weighted by molar-refractivity contribution is -0.143. The molecule has 1 heterocycles. The number of aliphatic hydroxyl groups excluding tert-OH is 1. The van der Waals surface area contributed by atoms with Crippen LogP contribution in [0.3, 0.4) is 0 Å². The van der Waals surface area contributed by atoms with Crippen molar-refractivity contribution in [3.05, 3.63) is 0 Å². The van der Waals surface area contributed by atoms with E-state index in [9.17, 15) is 9.90 Å². The van der Waals surface area contributed by atoms with E-state index in [4.69, 9.17) is 9.47 Å². The smallest absolute Gasteiger partial charge is 0.305 e. The predicted molar refractivity (Wildman–Crippen MR) is 84.8 cm³/mol. The van der Waals surface area contributed by atoms with Gasteiger partial charge in [0.25, 0.3) is 0 Å². The number of esters is 1. The van der Waals surface area contributed by atoms with Gasteiger partial charge in [0.2, 0.25) is 0 Å². The number of aliphatic hydroxyl groups is 1. The van der Waals surface area contributed by atoms with E-state index in [0.29, 0.717) is 45.1 Å². The number of hydrogen-bond acceptors (Lipinski definition) is 5. The third-order valence-electron chi connectivity index (χ3n) is 3.84. The quantitative estimate of drug-likeness (QED) is 0.245. The van der Waals surface area contributed by atoms with Gasteiger partial charge in [-0.2, -0.15) is 0 Å². The summed E-state index contributed by atoms with van der Waals surface area (Å²) in [5, 5.41) is 15.7. The van der Waals surface area contributed by atoms with Gasteiger partial charge in [-0.05, 0) is 26.2 Å². The maximum atomic E-state index is 11.2. The van der Waals surface area contributed by atoms with Gasteiger partial charge in [-0.3, -0.25) is 9.79 Å². The molecule has 0 spiro atoms. The number of aliphatic imine (C=N–C) groups is 1. The van der Waals surface area contributed by atoms with Crippen LogP contribution < -0.4 is 10.6 Å². The molecule has 1 aliphatic rings. The number of nitrogens with zero attached hydrogens (tertiary/aromatic N) is 1. The average molecular weight is 315 g/mol. The van der Waals surface area contributed by atoms with Crippen molar-refractivity contribution in [3.8, 4) is 0 Å². The fourth-order valence-electron chi connectivity index (χ4n) is 2.48. The Hall–Kier alpha value is -1.34. The number of carbonyl (C=O) groups is 1. The Morgan fingerprint density at radius 2 is 2.27 bits per heavy atom. The summed E-state index contributed by atoms with van der Waals surface area (Å²) in [4.78, 5) is 15.4. The molecule has 0 aromatic rings. The van der Waals surface area contributed by atoms with Crippen LogP contribution in [-0.2, 0) is 14.3 Å². The van der Waals surface area contributed by atoms with Gasteiger partial charge in [-0.15, -0.1) is 0 Å². The van der Waals surface area contributed by atoms with Crippen molar-refractivity contribution in [1.82, 2.24) is 10.6 Å². The highest BCUT2D eigenvalue weighted by Gasteiger charge is 2.34. The summed E-state index contributed by atoms with van der Waals surface area (Å²) in [5.41, 5.74) is -0.0166. The Balaban J connectivity index is 2.26. The predicted octanol–water partition coefficient (Wildman–Crippen LogP) is 0.284. The normalized spacial score (nSPS) is 21.7. The molecule has 7 nitrogen and oxygen atoms in total. The molecule has 1 unspecified atom stereocenters. The first-order valence-electron chi connectivity index (χ1n) is 7.94. The van der Waals surface area contributed by atoms with E-state index in [2.05, 4.69) is 15.6 Å². The first-order valence-corrected chi connectivity index (χ1v) is 7.94. The second kappa shape index (κ2) is 10.4. The zero-order valence-corrected chi connectivity index (χ0v) is 13.7. The van der Waals surface area contributed by atoms with E-state index < -0.39 is 0 Å². The van der Waals surface area contributed by atoms with Crippen molar-refractivity contribution >= 4 is 11.9 Å². The Kier molecular flexibility index (Phi) is 8.84. The van der Waals surface area contributed by atoms with Crippen molar-refractivity contribution < 1.29 is 19.4 Å². The lowest BCUT2D eigenvalue weighted by Gasteiger charge is -2.27. The standard InChI is InChI=1S/C15H29N3O4/c1-3-22-13(20)5-4-8-17-14(16-2)18-11-15(6-9-19)7-10-21-12-15/h19H,3-12H2,1-2H3,(H2,16,17,18). The Bertz CT molecular complexity index is 355. The summed E-state index contributed by atoms with van der Waals surface area (Å²) in [6.07, 6.45) is 2.77. The second-order valence-corrected chi connectivity index (χ2v) is 5.54. The molecule has 0 amide bonds. The van der Waals surface area contributed by atoms with E-state index in [1.807, 2.05) is 0 Å². The summed E-state index contributed by atoms with van der Waals surface area (Å²) in [6, 6.07) is 0. The number of hydrogen-bond donors (Lipinski definition) is 3. The minimum Gasteiger partial charge on any atom is -0.466 e. The van der Waals surface area contributed by atoms with Gasteiger partial charge in [-0.1, -0.05) is 0 Å². The van der Waals surface area contributed by atoms with Crippen LogP contribution in [0.15, 0.2) is 4.99 Å². The van der Waals surface area contributed by atoms with Crippen molar-refractivity contribution in [2.45, 2.75) is 32.6 Å². The summed E-state index contributed by atoms with van der Waals surface area (Å²) >= 11 is 0. The molecule has 0 aromatic heterocycles. The number of rotatable bonds is 9. The van der Waals surface area contributed by atoms with E-state index in [1.165, 1.54) is 0 Å². The van der Waals surface area contributed by atoms with Gasteiger partial charge in [0.05, 0.1) is 13.2 Å². The zero-order valence-electron chi connectivity index (χ0n) is 13.7. The molecule has 0 bridgehead atoms. The van der Waals surface area contributed by atoms with Gasteiger partial charge in [0, 0.05) is 45.2 Å². The number of ether oxygens (including phenoxy) is 2. The van der Waals surface area contributed by atoms with Gasteiger partial charge in [0.15, 0.2) is 5.96 Å². The van der Waals surface area contributed by atoms with Crippen LogP contribution in [-0.4, -0.2) is 63.6 Å². The van der Waals surface area contributed by atoms with Crippen LogP contribution in [0.25, 0.3) is 0 Å². The molecular weight excluding hydrogens is 286 g/mol. The molecule has 0 aliphatic carbocycles. The zero-order chi connectivity index (χ0) is 16.3. The summed E-state index contributed by atoms with van der Waals surface area (Å²) in [7, 11) is 1.71. The summed E-state index contributed by atoms with van der Waals surface area (Å²) in [5.74, 6) is 0.533. The SMILES string of the molecule is CCOC(=O)CCCNC(=NC)NCC1(CCO)CCOC1. The second-order valence-electron chi connectivity index (χ2n) is 5.54. The first-order chi connectivity index (χ1) is 10.7. The lowest BCUT2D eigenvalue weighted by Crippen LogP contribution is -2.44. The Morgan fingerprint density at radius 1 is 1.45 bits per heavy atom. The molecule has 0 aromatic carbocycles. The Labute approximate surface area is 132 Å². The van der Waals surface area contributed by atoms with Crippen molar-refractivity contribution in [1.29, 1.82) is 0 Å². The average Bonchev–Trinajstić information content (AvgIpc) is 2.96. The van der Waals surface area contributed by atoms with Crippen LogP contribution in [0, 0.1) is 5.41 Å². The minimum atomic E-state index is -0.169. The highest BCUT2D eigenvalue weighted by Crippen LogP contribution is 2.31. The van der Waals surface area contributed by atoms with Crippen molar-refractivity contribution in [3.63, 3.8) is 0 Å². The van der Waals surface area contributed by atoms with E-state index >= 15 is 0 Å². The molecule has 0 radical (unpaired) electrons. The maximum Gasteiger partial charge on any atom is 0.305 e. The third kappa shape index (κ3) is 6.62. The van der Waals surface area contributed by atoms with Gasteiger partial charge in [-0.25, -0.2) is 0 Å². The molecule has 3 N–H and O–H groups in total. The van der Waals surface area contributed by atoms with Crippen LogP contribution in [0.1, 0.15) is 32.6 Å². The van der Waals surface area contributed by atoms with Crippen LogP contribution in [0.2, 0.25) is 0 Å². The minimum absolute atomic E-state index is 0.0166. The molecule has 128 valence electrons. The number of carbonyl (C=O) groups excluding carboxylic acids is 1. The van der Waals surface area contributed by atoms with E-state index in [1.54, 1.807) is 14.0 Å². The summed E-state index contributed by atoms with van der Waals surface area (Å²) < 4.78 is 10.3. The Morgan fingerprint density at radius 3 is 2.86 bits per heavy atom. The fraction of sp³-hybridized carbons (Fsp3) is 0.867. The van der Waals surface area contributed by atoms with Crippen LogP contribution in [0.5, 0.6) is 0 Å². The highest BCUT2D eigenvalue weighted by molar-refractivity contribution is 5.79. The van der Waals surface area contributed by atoms with E-state index in [-0.39, 0.29) is 18.0 Å². The number of guanidine groups is 1. The molecule has 1 fully saturated rings. The molecule has 0 saturated carbocycles. The van der Waals surface area contributed by atoms with Crippen LogP contribution in [0.4, 0.5) is 0 Å². The molecule has 22 heavy (non-hydrogen) atoms. The molecule has 1 saturated heterocycles. The first kappa shape index (κ1) is 18.7. The lowest BCUT2D eigenvalue weighted by atomic mass is 9.84. The van der Waals surface area contributed by atoms with Crippen molar-refractivity contribution in [2.75, 3.05) is 46.6 Å². The fourth-order valence-corrected chi connectivity index (χ4v) is 2.48. The topological polar surface area (TPSA) is 92.2 Å².